The molecular formula is C10H6F3O2. The van der Waals surface area contributed by atoms with Crippen molar-refractivity contribution in [3.8, 4) is 5.75 Å². The molecule has 0 saturated heterocycles. The molecular weight excluding hydrogens is 209 g/mol. The van der Waals surface area contributed by atoms with Crippen LogP contribution in [-0.4, -0.2) is 12.6 Å². The topological polar surface area (TPSA) is 26.3 Å². The Kier molecular flexibility index (Phi) is 3.49. The first-order valence-corrected chi connectivity index (χ1v) is 3.91. The molecule has 5 heteroatoms. The minimum absolute atomic E-state index is 0.297. The van der Waals surface area contributed by atoms with Crippen molar-refractivity contribution < 1.29 is 22.7 Å². The number of carbonyl (C=O) groups excluding carboxylic acids is 1. The number of ether oxygens (including phenoxy) is 1. The molecule has 0 amide bonds. The number of halogens is 3. The maximum atomic E-state index is 11.8. The van der Waals surface area contributed by atoms with Crippen LogP contribution in [-0.2, 0) is 4.79 Å². The maximum absolute atomic E-state index is 11.8. The largest absolute Gasteiger partial charge is 0.573 e. The van der Waals surface area contributed by atoms with Crippen molar-refractivity contribution in [1.29, 1.82) is 0 Å². The second kappa shape index (κ2) is 4.63. The Labute approximate surface area is 84.0 Å². The van der Waals surface area contributed by atoms with E-state index >= 15 is 0 Å². The summed E-state index contributed by atoms with van der Waals surface area (Å²) in [7, 11) is 0. The first-order chi connectivity index (χ1) is 7.01. The summed E-state index contributed by atoms with van der Waals surface area (Å²) in [6, 6.07) is 5.12. The number of rotatable bonds is 3. The first kappa shape index (κ1) is 11.3. The Balaban J connectivity index is 2.72. The highest BCUT2D eigenvalue weighted by Crippen LogP contribution is 2.22. The molecule has 2 nitrogen and oxygen atoms in total. The van der Waals surface area contributed by atoms with Crippen molar-refractivity contribution in [2.45, 2.75) is 6.36 Å². The average molecular weight is 215 g/mol. The zero-order valence-electron chi connectivity index (χ0n) is 7.41. The van der Waals surface area contributed by atoms with Crippen molar-refractivity contribution in [3.05, 3.63) is 35.9 Å². The highest BCUT2D eigenvalue weighted by atomic mass is 19.4. The molecule has 0 heterocycles. The van der Waals surface area contributed by atoms with Gasteiger partial charge in [-0.3, -0.25) is 4.79 Å². The van der Waals surface area contributed by atoms with Gasteiger partial charge in [0.15, 0.2) is 0 Å². The zero-order valence-corrected chi connectivity index (χ0v) is 7.41. The van der Waals surface area contributed by atoms with Gasteiger partial charge in [-0.1, -0.05) is 18.2 Å². The molecule has 1 radical (unpaired) electrons. The van der Waals surface area contributed by atoms with Gasteiger partial charge < -0.3 is 4.74 Å². The number of benzene rings is 1. The van der Waals surface area contributed by atoms with Crippen LogP contribution < -0.4 is 4.74 Å². The second-order valence-electron chi connectivity index (χ2n) is 2.57. The van der Waals surface area contributed by atoms with Gasteiger partial charge in [0, 0.05) is 0 Å². The number of alkyl halides is 3. The second-order valence-corrected chi connectivity index (χ2v) is 2.57. The van der Waals surface area contributed by atoms with Crippen LogP contribution >= 0.6 is 0 Å². The summed E-state index contributed by atoms with van der Waals surface area (Å²) in [5.74, 6) is -0.297. The Hall–Kier alpha value is -1.78. The van der Waals surface area contributed by atoms with Crippen LogP contribution in [0.2, 0.25) is 0 Å². The Morgan fingerprint density at radius 1 is 1.20 bits per heavy atom. The fourth-order valence-corrected chi connectivity index (χ4v) is 0.911. The van der Waals surface area contributed by atoms with E-state index in [0.717, 1.165) is 18.2 Å². The summed E-state index contributed by atoms with van der Waals surface area (Å²) in [4.78, 5) is 9.85. The van der Waals surface area contributed by atoms with Gasteiger partial charge in [-0.15, -0.1) is 13.2 Å². The van der Waals surface area contributed by atoms with E-state index in [2.05, 4.69) is 4.74 Å². The van der Waals surface area contributed by atoms with E-state index in [-0.39, 0.29) is 5.75 Å². The predicted octanol–water partition coefficient (Wildman–Crippen LogP) is 2.71. The molecule has 0 aliphatic rings. The molecule has 0 unspecified atom stereocenters. The summed E-state index contributed by atoms with van der Waals surface area (Å²) >= 11 is 0. The summed E-state index contributed by atoms with van der Waals surface area (Å²) in [6.45, 7) is 0. The molecule has 0 spiro atoms. The minimum atomic E-state index is -4.69. The predicted molar refractivity (Wildman–Crippen MR) is 47.9 cm³/mol. The molecule has 0 N–H and O–H groups in total. The van der Waals surface area contributed by atoms with Crippen molar-refractivity contribution in [2.24, 2.45) is 0 Å². The Morgan fingerprint density at radius 3 is 2.27 bits per heavy atom. The lowest BCUT2D eigenvalue weighted by Gasteiger charge is -2.08. The van der Waals surface area contributed by atoms with E-state index in [1.54, 1.807) is 0 Å². The van der Waals surface area contributed by atoms with Crippen molar-refractivity contribution in [2.75, 3.05) is 0 Å². The number of allylic oxidation sites excluding steroid dienone is 1. The molecule has 0 saturated carbocycles. The minimum Gasteiger partial charge on any atom is -0.406 e. The number of hydrogen-bond acceptors (Lipinski definition) is 2. The summed E-state index contributed by atoms with van der Waals surface area (Å²) in [5.41, 5.74) is 0.591. The van der Waals surface area contributed by atoms with Crippen LogP contribution in [0.1, 0.15) is 5.56 Å². The zero-order chi connectivity index (χ0) is 11.3. The molecule has 0 aromatic heterocycles. The van der Waals surface area contributed by atoms with Crippen LogP contribution in [0.3, 0.4) is 0 Å². The van der Waals surface area contributed by atoms with E-state index in [9.17, 15) is 18.0 Å². The third-order valence-electron chi connectivity index (χ3n) is 1.46. The molecule has 0 bridgehead atoms. The van der Waals surface area contributed by atoms with Gasteiger partial charge in [0.1, 0.15) is 5.75 Å². The normalized spacial score (nSPS) is 11.7. The molecule has 1 aromatic rings. The summed E-state index contributed by atoms with van der Waals surface area (Å²) in [6.07, 6.45) is -0.614. The smallest absolute Gasteiger partial charge is 0.406 e. The monoisotopic (exact) mass is 215 g/mol. The maximum Gasteiger partial charge on any atom is 0.573 e. The molecule has 0 fully saturated rings. The lowest BCUT2D eigenvalue weighted by atomic mass is 10.2. The third-order valence-corrected chi connectivity index (χ3v) is 1.46. The quantitative estimate of drug-likeness (QED) is 0.724. The van der Waals surface area contributed by atoms with Crippen LogP contribution in [0.5, 0.6) is 5.75 Å². The van der Waals surface area contributed by atoms with Crippen molar-refractivity contribution >= 4 is 12.4 Å². The standard InChI is InChI=1S/C10H6F3O2/c11-10(12,13)15-9-5-3-8(4-6-9)2-1-7-14/h1-6H/b2-1+. The van der Waals surface area contributed by atoms with Crippen LogP contribution in [0.4, 0.5) is 13.2 Å². The lowest BCUT2D eigenvalue weighted by Crippen LogP contribution is -2.16. The highest BCUT2D eigenvalue weighted by molar-refractivity contribution is 5.74. The van der Waals surface area contributed by atoms with Gasteiger partial charge in [0.2, 0.25) is 6.29 Å². The molecule has 1 rings (SSSR count). The van der Waals surface area contributed by atoms with E-state index in [0.29, 0.717) is 5.56 Å². The molecule has 0 aliphatic carbocycles. The fourth-order valence-electron chi connectivity index (χ4n) is 0.911. The molecule has 79 valence electrons. The summed E-state index contributed by atoms with van der Waals surface area (Å²) < 4.78 is 38.9. The van der Waals surface area contributed by atoms with E-state index in [1.165, 1.54) is 24.5 Å². The van der Waals surface area contributed by atoms with Gasteiger partial charge in [0.25, 0.3) is 0 Å². The van der Waals surface area contributed by atoms with E-state index in [4.69, 9.17) is 0 Å². The van der Waals surface area contributed by atoms with Crippen LogP contribution in [0.25, 0.3) is 6.08 Å². The van der Waals surface area contributed by atoms with Crippen molar-refractivity contribution in [3.63, 3.8) is 0 Å². The molecule has 15 heavy (non-hydrogen) atoms. The molecule has 1 aromatic carbocycles. The number of hydrogen-bond donors (Lipinski definition) is 0. The fraction of sp³-hybridized carbons (Fsp3) is 0.100. The molecule has 0 aliphatic heterocycles. The summed E-state index contributed by atoms with van der Waals surface area (Å²) in [5, 5.41) is 0. The van der Waals surface area contributed by atoms with Crippen LogP contribution in [0, 0.1) is 0 Å². The van der Waals surface area contributed by atoms with Crippen molar-refractivity contribution in [1.82, 2.24) is 0 Å². The van der Waals surface area contributed by atoms with Gasteiger partial charge in [-0.05, 0) is 23.8 Å². The van der Waals surface area contributed by atoms with E-state index < -0.39 is 6.36 Å². The van der Waals surface area contributed by atoms with Gasteiger partial charge >= 0.3 is 6.36 Å². The highest BCUT2D eigenvalue weighted by Gasteiger charge is 2.30. The molecule has 0 atom stereocenters. The Bertz CT molecular complexity index is 352. The van der Waals surface area contributed by atoms with Gasteiger partial charge in [-0.2, -0.15) is 0 Å². The Morgan fingerprint density at radius 2 is 1.80 bits per heavy atom. The van der Waals surface area contributed by atoms with Gasteiger partial charge in [-0.25, -0.2) is 0 Å². The van der Waals surface area contributed by atoms with Gasteiger partial charge in [0.05, 0.1) is 0 Å². The SMILES string of the molecule is O=[C]/C=C/c1ccc(OC(F)(F)F)cc1. The lowest BCUT2D eigenvalue weighted by molar-refractivity contribution is -0.274. The first-order valence-electron chi connectivity index (χ1n) is 3.91. The average Bonchev–Trinajstić information content (AvgIpc) is 2.14. The van der Waals surface area contributed by atoms with E-state index in [1.807, 2.05) is 0 Å². The van der Waals surface area contributed by atoms with Crippen LogP contribution in [0.15, 0.2) is 30.3 Å². The third kappa shape index (κ3) is 4.30.